The third-order valence-corrected chi connectivity index (χ3v) is 4.88. The van der Waals surface area contributed by atoms with Crippen molar-refractivity contribution in [1.82, 2.24) is 24.8 Å². The Morgan fingerprint density at radius 3 is 2.88 bits per heavy atom. The fraction of sp³-hybridized carbons (Fsp3) is 0.526. The predicted molar refractivity (Wildman–Crippen MR) is 97.4 cm³/mol. The lowest BCUT2D eigenvalue weighted by molar-refractivity contribution is -0.128. The number of likely N-dealkylation sites (tertiary alicyclic amines) is 1. The fourth-order valence-corrected chi connectivity index (χ4v) is 3.54. The smallest absolute Gasteiger partial charge is 0.237 e. The minimum absolute atomic E-state index is 0.0242. The number of nitrogens with one attached hydrogen (secondary N) is 1. The van der Waals surface area contributed by atoms with Gasteiger partial charge in [-0.3, -0.25) is 14.3 Å². The van der Waals surface area contributed by atoms with Crippen molar-refractivity contribution in [3.8, 4) is 5.82 Å². The van der Waals surface area contributed by atoms with Crippen LogP contribution in [-0.2, 0) is 11.3 Å². The highest BCUT2D eigenvalue weighted by Gasteiger charge is 2.30. The molecule has 1 saturated heterocycles. The van der Waals surface area contributed by atoms with E-state index in [1.54, 1.807) is 12.4 Å². The van der Waals surface area contributed by atoms with Crippen LogP contribution in [0.3, 0.4) is 0 Å². The molecule has 1 aliphatic rings. The number of amides is 1. The monoisotopic (exact) mass is 341 g/mol. The van der Waals surface area contributed by atoms with Crippen molar-refractivity contribution in [3.05, 3.63) is 42.1 Å². The number of rotatable bonds is 5. The zero-order valence-electron chi connectivity index (χ0n) is 15.3. The lowest BCUT2D eigenvalue weighted by Crippen LogP contribution is -2.51. The maximum atomic E-state index is 12.8. The third kappa shape index (κ3) is 3.90. The molecule has 0 bridgehead atoms. The molecule has 3 rings (SSSR count). The maximum Gasteiger partial charge on any atom is 0.237 e. The van der Waals surface area contributed by atoms with E-state index in [2.05, 4.69) is 34.0 Å². The molecular weight excluding hydrogens is 314 g/mol. The Morgan fingerprint density at radius 2 is 2.16 bits per heavy atom. The van der Waals surface area contributed by atoms with Gasteiger partial charge in [0, 0.05) is 36.7 Å². The summed E-state index contributed by atoms with van der Waals surface area (Å²) < 4.78 is 1.95. The highest BCUT2D eigenvalue weighted by molar-refractivity contribution is 5.81. The van der Waals surface area contributed by atoms with E-state index >= 15 is 0 Å². The van der Waals surface area contributed by atoms with Gasteiger partial charge in [-0.05, 0) is 46.2 Å². The maximum absolute atomic E-state index is 12.8. The molecular formula is C19H27N5O. The molecule has 1 aliphatic heterocycles. The first kappa shape index (κ1) is 17.6. The van der Waals surface area contributed by atoms with Crippen LogP contribution < -0.4 is 5.32 Å². The standard InChI is InChI=1S/C19H27N5O/c1-14(2)23-11-5-4-8-17(23)19(25)22-13-16-7-6-9-21-18(16)24-12-10-20-15(24)3/h6-7,9-10,12,14,17H,4-5,8,11,13H2,1-3H3,(H,22,25). The number of aromatic nitrogens is 3. The van der Waals surface area contributed by atoms with Gasteiger partial charge in [0.2, 0.25) is 5.91 Å². The van der Waals surface area contributed by atoms with Gasteiger partial charge in [0.25, 0.3) is 0 Å². The summed E-state index contributed by atoms with van der Waals surface area (Å²) in [7, 11) is 0. The highest BCUT2D eigenvalue weighted by atomic mass is 16.2. The zero-order chi connectivity index (χ0) is 17.8. The quantitative estimate of drug-likeness (QED) is 0.907. The van der Waals surface area contributed by atoms with Crippen molar-refractivity contribution >= 4 is 5.91 Å². The van der Waals surface area contributed by atoms with Crippen LogP contribution in [0, 0.1) is 6.92 Å². The average Bonchev–Trinajstić information content (AvgIpc) is 3.05. The van der Waals surface area contributed by atoms with Gasteiger partial charge >= 0.3 is 0 Å². The summed E-state index contributed by atoms with van der Waals surface area (Å²) in [5, 5.41) is 3.12. The molecule has 1 N–H and O–H groups in total. The summed E-state index contributed by atoms with van der Waals surface area (Å²) in [6, 6.07) is 4.27. The number of hydrogen-bond donors (Lipinski definition) is 1. The Labute approximate surface area is 149 Å². The van der Waals surface area contributed by atoms with Crippen molar-refractivity contribution in [1.29, 1.82) is 0 Å². The average molecular weight is 341 g/mol. The molecule has 3 heterocycles. The second-order valence-electron chi connectivity index (χ2n) is 6.89. The molecule has 0 radical (unpaired) electrons. The molecule has 0 aromatic carbocycles. The van der Waals surface area contributed by atoms with Gasteiger partial charge in [-0.15, -0.1) is 0 Å². The van der Waals surface area contributed by atoms with Crippen molar-refractivity contribution in [2.75, 3.05) is 6.54 Å². The molecule has 2 aromatic rings. The highest BCUT2D eigenvalue weighted by Crippen LogP contribution is 2.20. The molecule has 6 heteroatoms. The Hall–Kier alpha value is -2.21. The first-order valence-corrected chi connectivity index (χ1v) is 9.05. The molecule has 0 aliphatic carbocycles. The molecule has 2 aromatic heterocycles. The number of aryl methyl sites for hydroxylation is 1. The van der Waals surface area contributed by atoms with E-state index in [0.29, 0.717) is 12.6 Å². The van der Waals surface area contributed by atoms with E-state index in [1.165, 1.54) is 6.42 Å². The van der Waals surface area contributed by atoms with Gasteiger partial charge < -0.3 is 5.32 Å². The summed E-state index contributed by atoms with van der Waals surface area (Å²) in [4.78, 5) is 23.8. The molecule has 134 valence electrons. The van der Waals surface area contributed by atoms with E-state index in [4.69, 9.17) is 0 Å². The summed E-state index contributed by atoms with van der Waals surface area (Å²) in [6.07, 6.45) is 8.65. The van der Waals surface area contributed by atoms with Gasteiger partial charge in [0.15, 0.2) is 0 Å². The van der Waals surface area contributed by atoms with Gasteiger partial charge in [-0.1, -0.05) is 12.5 Å². The first-order chi connectivity index (χ1) is 12.1. The van der Waals surface area contributed by atoms with E-state index in [1.807, 2.05) is 29.8 Å². The molecule has 0 saturated carbocycles. The Bertz CT molecular complexity index is 724. The number of carbonyl (C=O) groups is 1. The number of nitrogens with zero attached hydrogens (tertiary/aromatic N) is 4. The summed E-state index contributed by atoms with van der Waals surface area (Å²) >= 11 is 0. The van der Waals surface area contributed by atoms with Crippen molar-refractivity contribution in [3.63, 3.8) is 0 Å². The van der Waals surface area contributed by atoms with Crippen molar-refractivity contribution in [2.24, 2.45) is 0 Å². The normalized spacial score (nSPS) is 18.5. The lowest BCUT2D eigenvalue weighted by Gasteiger charge is -2.37. The van der Waals surface area contributed by atoms with Crippen LogP contribution in [0.1, 0.15) is 44.5 Å². The van der Waals surface area contributed by atoms with E-state index in [0.717, 1.165) is 36.6 Å². The van der Waals surface area contributed by atoms with E-state index in [-0.39, 0.29) is 11.9 Å². The Morgan fingerprint density at radius 1 is 1.32 bits per heavy atom. The largest absolute Gasteiger partial charge is 0.351 e. The van der Waals surface area contributed by atoms with Gasteiger partial charge in [-0.2, -0.15) is 0 Å². The molecule has 25 heavy (non-hydrogen) atoms. The minimum Gasteiger partial charge on any atom is -0.351 e. The predicted octanol–water partition coefficient (Wildman–Crippen LogP) is 2.45. The molecule has 1 atom stereocenters. The van der Waals surface area contributed by atoms with Gasteiger partial charge in [0.05, 0.1) is 6.04 Å². The van der Waals surface area contributed by atoms with Crippen molar-refractivity contribution < 1.29 is 4.79 Å². The first-order valence-electron chi connectivity index (χ1n) is 9.05. The van der Waals surface area contributed by atoms with E-state index < -0.39 is 0 Å². The second kappa shape index (κ2) is 7.78. The SMILES string of the molecule is Cc1nccn1-c1ncccc1CNC(=O)C1CCCCN1C(C)C. The van der Waals surface area contributed by atoms with E-state index in [9.17, 15) is 4.79 Å². The van der Waals surface area contributed by atoms with Crippen molar-refractivity contribution in [2.45, 2.75) is 58.7 Å². The third-order valence-electron chi connectivity index (χ3n) is 4.88. The Balaban J connectivity index is 1.72. The molecule has 1 fully saturated rings. The number of piperidine rings is 1. The molecule has 6 nitrogen and oxygen atoms in total. The second-order valence-corrected chi connectivity index (χ2v) is 6.89. The van der Waals surface area contributed by atoms with Crippen LogP contribution >= 0.6 is 0 Å². The number of carbonyl (C=O) groups excluding carboxylic acids is 1. The number of hydrogen-bond acceptors (Lipinski definition) is 4. The van der Waals surface area contributed by atoms with Crippen LogP contribution in [-0.4, -0.2) is 44.0 Å². The van der Waals surface area contributed by atoms with Crippen LogP contribution in [0.2, 0.25) is 0 Å². The lowest BCUT2D eigenvalue weighted by atomic mass is 9.99. The summed E-state index contributed by atoms with van der Waals surface area (Å²) in [5.41, 5.74) is 0.990. The molecule has 0 spiro atoms. The minimum atomic E-state index is -0.0242. The molecule has 1 unspecified atom stereocenters. The van der Waals surface area contributed by atoms with Gasteiger partial charge in [0.1, 0.15) is 11.6 Å². The topological polar surface area (TPSA) is 63.1 Å². The fourth-order valence-electron chi connectivity index (χ4n) is 3.54. The van der Waals surface area contributed by atoms with Crippen LogP contribution in [0.5, 0.6) is 0 Å². The van der Waals surface area contributed by atoms with Gasteiger partial charge in [-0.25, -0.2) is 9.97 Å². The summed E-state index contributed by atoms with van der Waals surface area (Å²) in [6.45, 7) is 7.74. The van der Waals surface area contributed by atoms with Crippen LogP contribution in [0.4, 0.5) is 0 Å². The Kier molecular flexibility index (Phi) is 5.48. The summed E-state index contributed by atoms with van der Waals surface area (Å²) in [5.74, 6) is 1.82. The molecule has 1 amide bonds. The zero-order valence-corrected chi connectivity index (χ0v) is 15.3. The number of pyridine rings is 1. The number of imidazole rings is 1. The van der Waals surface area contributed by atoms with Crippen LogP contribution in [0.25, 0.3) is 5.82 Å². The van der Waals surface area contributed by atoms with Crippen LogP contribution in [0.15, 0.2) is 30.7 Å².